The van der Waals surface area contributed by atoms with E-state index in [1.54, 1.807) is 0 Å². The summed E-state index contributed by atoms with van der Waals surface area (Å²) in [6.07, 6.45) is 1.36. The SMILES string of the molecule is O=CNN=Cc1cc(Cl)cc([N+](=O)[O-])c1O. The van der Waals surface area contributed by atoms with Crippen LogP contribution in [0.4, 0.5) is 5.69 Å². The van der Waals surface area contributed by atoms with Crippen LogP contribution in [-0.4, -0.2) is 22.7 Å². The molecule has 1 aromatic carbocycles. The van der Waals surface area contributed by atoms with Gasteiger partial charge in [0.15, 0.2) is 0 Å². The second-order valence-electron chi connectivity index (χ2n) is 2.63. The summed E-state index contributed by atoms with van der Waals surface area (Å²) in [5.41, 5.74) is 1.46. The Morgan fingerprint density at radius 1 is 1.56 bits per heavy atom. The molecule has 0 aromatic heterocycles. The van der Waals surface area contributed by atoms with E-state index in [1.807, 2.05) is 5.43 Å². The van der Waals surface area contributed by atoms with Crippen LogP contribution in [0.2, 0.25) is 5.02 Å². The van der Waals surface area contributed by atoms with Crippen LogP contribution in [-0.2, 0) is 4.79 Å². The minimum absolute atomic E-state index is 0.0357. The molecule has 0 unspecified atom stereocenters. The van der Waals surface area contributed by atoms with Crippen molar-refractivity contribution in [1.82, 2.24) is 5.43 Å². The first-order chi connectivity index (χ1) is 7.56. The Kier molecular flexibility index (Phi) is 3.78. The number of aromatic hydroxyl groups is 1. The first kappa shape index (κ1) is 11.9. The van der Waals surface area contributed by atoms with Gasteiger partial charge in [0.2, 0.25) is 12.2 Å². The fourth-order valence-corrected chi connectivity index (χ4v) is 1.20. The first-order valence-electron chi connectivity index (χ1n) is 3.95. The van der Waals surface area contributed by atoms with Crippen molar-refractivity contribution < 1.29 is 14.8 Å². The lowest BCUT2D eigenvalue weighted by atomic mass is 10.2. The summed E-state index contributed by atoms with van der Waals surface area (Å²) in [6, 6.07) is 2.29. The van der Waals surface area contributed by atoms with E-state index in [0.29, 0.717) is 6.41 Å². The molecular weight excluding hydrogens is 238 g/mol. The lowest BCUT2D eigenvalue weighted by molar-refractivity contribution is -0.385. The summed E-state index contributed by atoms with van der Waals surface area (Å²) in [6.45, 7) is 0. The fraction of sp³-hybridized carbons (Fsp3) is 0. The van der Waals surface area contributed by atoms with Crippen LogP contribution in [0.1, 0.15) is 5.56 Å². The van der Waals surface area contributed by atoms with Crippen molar-refractivity contribution in [2.45, 2.75) is 0 Å². The summed E-state index contributed by atoms with van der Waals surface area (Å²) < 4.78 is 0. The molecule has 2 N–H and O–H groups in total. The van der Waals surface area contributed by atoms with Gasteiger partial charge >= 0.3 is 5.69 Å². The van der Waals surface area contributed by atoms with Gasteiger partial charge in [-0.1, -0.05) is 11.6 Å². The van der Waals surface area contributed by atoms with E-state index in [-0.39, 0.29) is 10.6 Å². The quantitative estimate of drug-likeness (QED) is 0.357. The number of nitrogens with one attached hydrogen (secondary N) is 1. The topological polar surface area (TPSA) is 105 Å². The number of hydrogen-bond donors (Lipinski definition) is 2. The molecule has 0 saturated heterocycles. The van der Waals surface area contributed by atoms with Gasteiger partial charge in [-0.25, -0.2) is 5.43 Å². The summed E-state index contributed by atoms with van der Waals surface area (Å²) in [4.78, 5) is 19.7. The third kappa shape index (κ3) is 2.67. The maximum atomic E-state index is 10.5. The molecule has 7 nitrogen and oxygen atoms in total. The van der Waals surface area contributed by atoms with Crippen molar-refractivity contribution in [2.75, 3.05) is 0 Å². The Morgan fingerprint density at radius 3 is 2.81 bits per heavy atom. The van der Waals surface area contributed by atoms with Crippen molar-refractivity contribution in [2.24, 2.45) is 5.10 Å². The predicted octanol–water partition coefficient (Wildman–Crippen LogP) is 1.03. The molecular formula is C8H6ClN3O4. The molecule has 1 amide bonds. The minimum atomic E-state index is -0.772. The predicted molar refractivity (Wildman–Crippen MR) is 56.6 cm³/mol. The van der Waals surface area contributed by atoms with Crippen LogP contribution in [0.5, 0.6) is 5.75 Å². The van der Waals surface area contributed by atoms with Gasteiger partial charge in [-0.2, -0.15) is 5.10 Å². The molecule has 16 heavy (non-hydrogen) atoms. The van der Waals surface area contributed by atoms with Crippen molar-refractivity contribution in [1.29, 1.82) is 0 Å². The van der Waals surface area contributed by atoms with Crippen LogP contribution >= 0.6 is 11.6 Å². The van der Waals surface area contributed by atoms with Gasteiger partial charge in [0, 0.05) is 16.7 Å². The van der Waals surface area contributed by atoms with Crippen LogP contribution < -0.4 is 5.43 Å². The molecule has 0 radical (unpaired) electrons. The Hall–Kier alpha value is -2.15. The number of hydrogen-bond acceptors (Lipinski definition) is 5. The Labute approximate surface area is 94.5 Å². The number of nitro groups is 1. The van der Waals surface area contributed by atoms with Crippen molar-refractivity contribution in [3.63, 3.8) is 0 Å². The van der Waals surface area contributed by atoms with Crippen molar-refractivity contribution >= 4 is 29.9 Å². The van der Waals surface area contributed by atoms with E-state index in [0.717, 1.165) is 12.3 Å². The maximum absolute atomic E-state index is 10.5. The first-order valence-corrected chi connectivity index (χ1v) is 4.33. The zero-order valence-corrected chi connectivity index (χ0v) is 8.51. The van der Waals surface area contributed by atoms with Gasteiger partial charge in [0.25, 0.3) is 0 Å². The Bertz CT molecular complexity index is 461. The fourth-order valence-electron chi connectivity index (χ4n) is 0.980. The van der Waals surface area contributed by atoms with Gasteiger partial charge < -0.3 is 5.11 Å². The molecule has 84 valence electrons. The standard InChI is InChI=1S/C8H6ClN3O4/c9-6-1-5(3-10-11-4-13)8(14)7(2-6)12(15)16/h1-4,14H,(H,11,13). The van der Waals surface area contributed by atoms with E-state index < -0.39 is 16.4 Å². The van der Waals surface area contributed by atoms with E-state index in [2.05, 4.69) is 5.10 Å². The van der Waals surface area contributed by atoms with Crippen LogP contribution in [0, 0.1) is 10.1 Å². The molecule has 0 aliphatic carbocycles. The Balaban J connectivity index is 3.18. The minimum Gasteiger partial charge on any atom is -0.502 e. The number of benzene rings is 1. The average Bonchev–Trinajstić information content (AvgIpc) is 2.22. The third-order valence-corrected chi connectivity index (χ3v) is 1.83. The summed E-state index contributed by atoms with van der Waals surface area (Å²) in [5.74, 6) is -0.564. The van der Waals surface area contributed by atoms with Crippen molar-refractivity contribution in [3.05, 3.63) is 32.8 Å². The number of amides is 1. The molecule has 0 atom stereocenters. The number of hydrazone groups is 1. The van der Waals surface area contributed by atoms with E-state index >= 15 is 0 Å². The third-order valence-electron chi connectivity index (χ3n) is 1.61. The zero-order chi connectivity index (χ0) is 12.1. The molecule has 0 fully saturated rings. The summed E-state index contributed by atoms with van der Waals surface area (Å²) >= 11 is 5.61. The lowest BCUT2D eigenvalue weighted by Gasteiger charge is -2.00. The smallest absolute Gasteiger partial charge is 0.312 e. The van der Waals surface area contributed by atoms with Crippen LogP contribution in [0.25, 0.3) is 0 Å². The number of rotatable bonds is 4. The van der Waals surface area contributed by atoms with Gasteiger partial charge in [-0.05, 0) is 6.07 Å². The second-order valence-corrected chi connectivity index (χ2v) is 3.06. The lowest BCUT2D eigenvalue weighted by Crippen LogP contribution is -2.01. The highest BCUT2D eigenvalue weighted by atomic mass is 35.5. The van der Waals surface area contributed by atoms with E-state index in [4.69, 9.17) is 11.6 Å². The monoisotopic (exact) mass is 243 g/mol. The molecule has 0 aliphatic rings. The number of nitro benzene ring substituents is 1. The molecule has 0 heterocycles. The highest BCUT2D eigenvalue weighted by Crippen LogP contribution is 2.32. The maximum Gasteiger partial charge on any atom is 0.312 e. The average molecular weight is 244 g/mol. The molecule has 1 rings (SSSR count). The van der Waals surface area contributed by atoms with Gasteiger partial charge in [0.05, 0.1) is 11.1 Å². The number of phenolic OH excluding ortho intramolecular Hbond substituents is 1. The molecule has 0 spiro atoms. The zero-order valence-electron chi connectivity index (χ0n) is 7.75. The van der Waals surface area contributed by atoms with Gasteiger partial charge in [-0.15, -0.1) is 0 Å². The van der Waals surface area contributed by atoms with Crippen molar-refractivity contribution in [3.8, 4) is 5.75 Å². The summed E-state index contributed by atoms with van der Waals surface area (Å²) in [7, 11) is 0. The number of carbonyl (C=O) groups is 1. The number of carbonyl (C=O) groups excluding carboxylic acids is 1. The van der Waals surface area contributed by atoms with E-state index in [9.17, 15) is 20.0 Å². The highest BCUT2D eigenvalue weighted by molar-refractivity contribution is 6.31. The number of halogens is 1. The molecule has 1 aromatic rings. The molecule has 8 heteroatoms. The molecule has 0 saturated carbocycles. The molecule has 0 bridgehead atoms. The summed E-state index contributed by atoms with van der Waals surface area (Å²) in [5, 5.41) is 23.5. The molecule has 0 aliphatic heterocycles. The van der Waals surface area contributed by atoms with E-state index in [1.165, 1.54) is 6.07 Å². The number of phenols is 1. The highest BCUT2D eigenvalue weighted by Gasteiger charge is 2.17. The van der Waals surface area contributed by atoms with Crippen LogP contribution in [0.15, 0.2) is 17.2 Å². The van der Waals surface area contributed by atoms with Crippen LogP contribution in [0.3, 0.4) is 0 Å². The van der Waals surface area contributed by atoms with Gasteiger partial charge in [0.1, 0.15) is 0 Å². The number of nitrogens with zero attached hydrogens (tertiary/aromatic N) is 2. The second kappa shape index (κ2) is 5.08. The Morgan fingerprint density at radius 2 is 2.25 bits per heavy atom. The normalized spacial score (nSPS) is 10.3. The largest absolute Gasteiger partial charge is 0.502 e. The van der Waals surface area contributed by atoms with Gasteiger partial charge in [-0.3, -0.25) is 14.9 Å².